The number of rotatable bonds is 2. The van der Waals surface area contributed by atoms with E-state index in [-0.39, 0.29) is 17.0 Å². The van der Waals surface area contributed by atoms with Crippen molar-refractivity contribution in [3.05, 3.63) is 49.8 Å². The second kappa shape index (κ2) is 6.98. The Morgan fingerprint density at radius 1 is 1.33 bits per heavy atom. The van der Waals surface area contributed by atoms with Crippen LogP contribution in [0.2, 0.25) is 5.02 Å². The van der Waals surface area contributed by atoms with Crippen LogP contribution in [0.5, 0.6) is 5.75 Å². The molecule has 27 heavy (non-hydrogen) atoms. The number of phenols is 1. The smallest absolute Gasteiger partial charge is 0.266 e. The minimum absolute atomic E-state index is 0.0728. The largest absolute Gasteiger partial charge is 0.506 e. The molecule has 140 valence electrons. The fourth-order valence-electron chi connectivity index (χ4n) is 3.41. The van der Waals surface area contributed by atoms with Crippen molar-refractivity contribution in [2.24, 2.45) is 0 Å². The van der Waals surface area contributed by atoms with Crippen LogP contribution in [0.4, 0.5) is 5.69 Å². The van der Waals surface area contributed by atoms with Crippen molar-refractivity contribution in [3.8, 4) is 5.75 Å². The van der Waals surface area contributed by atoms with Crippen LogP contribution in [0.15, 0.2) is 23.0 Å². The van der Waals surface area contributed by atoms with Crippen molar-refractivity contribution >= 4 is 44.7 Å². The van der Waals surface area contributed by atoms with Crippen molar-refractivity contribution in [2.45, 2.75) is 39.2 Å². The number of carbonyl (C=O) groups is 1. The minimum atomic E-state index is -0.396. The molecule has 0 saturated heterocycles. The summed E-state index contributed by atoms with van der Waals surface area (Å²) in [4.78, 5) is 31.4. The quantitative estimate of drug-likeness (QED) is 0.631. The number of amides is 1. The molecule has 1 aliphatic rings. The molecule has 6 nitrogen and oxygen atoms in total. The summed E-state index contributed by atoms with van der Waals surface area (Å²) in [5, 5.41) is 13.5. The molecule has 0 unspecified atom stereocenters. The Kier molecular flexibility index (Phi) is 4.65. The number of nitrogens with zero attached hydrogens (tertiary/aromatic N) is 2. The predicted octanol–water partition coefficient (Wildman–Crippen LogP) is 4.10. The van der Waals surface area contributed by atoms with Crippen LogP contribution < -0.4 is 10.9 Å². The Bertz CT molecular complexity index is 1120. The maximum atomic E-state index is 13.0. The number of aromatic nitrogens is 2. The molecule has 1 aromatic carbocycles. The monoisotopic (exact) mass is 403 g/mol. The third kappa shape index (κ3) is 3.21. The van der Waals surface area contributed by atoms with Gasteiger partial charge in [0.1, 0.15) is 16.4 Å². The van der Waals surface area contributed by atoms with E-state index < -0.39 is 5.91 Å². The molecule has 1 amide bonds. The van der Waals surface area contributed by atoms with Crippen molar-refractivity contribution in [3.63, 3.8) is 0 Å². The SMILES string of the molecule is Cc1c(C(=O)Nc2cc(Cl)ccc2O)sc2nc3n(c(=O)c12)CCCCC3. The van der Waals surface area contributed by atoms with Gasteiger partial charge in [-0.1, -0.05) is 18.0 Å². The van der Waals surface area contributed by atoms with E-state index in [1.165, 1.54) is 29.5 Å². The number of hydrogen-bond acceptors (Lipinski definition) is 5. The molecule has 2 N–H and O–H groups in total. The second-order valence-electron chi connectivity index (χ2n) is 6.65. The molecule has 0 atom stereocenters. The summed E-state index contributed by atoms with van der Waals surface area (Å²) in [7, 11) is 0. The zero-order chi connectivity index (χ0) is 19.1. The Labute approximate surface area is 164 Å². The van der Waals surface area contributed by atoms with Gasteiger partial charge in [-0.2, -0.15) is 0 Å². The predicted molar refractivity (Wildman–Crippen MR) is 107 cm³/mol. The Morgan fingerprint density at radius 2 is 2.15 bits per heavy atom. The molecular weight excluding hydrogens is 386 g/mol. The third-order valence-corrected chi connectivity index (χ3v) is 6.24. The van der Waals surface area contributed by atoms with Crippen LogP contribution in [0.3, 0.4) is 0 Å². The van der Waals surface area contributed by atoms with Crippen LogP contribution in [0, 0.1) is 6.92 Å². The van der Waals surface area contributed by atoms with Gasteiger partial charge >= 0.3 is 0 Å². The highest BCUT2D eigenvalue weighted by atomic mass is 35.5. The lowest BCUT2D eigenvalue weighted by Crippen LogP contribution is -2.24. The van der Waals surface area contributed by atoms with E-state index in [2.05, 4.69) is 10.3 Å². The average molecular weight is 404 g/mol. The first-order valence-electron chi connectivity index (χ1n) is 8.78. The van der Waals surface area contributed by atoms with Gasteiger partial charge in [-0.3, -0.25) is 14.2 Å². The Hall–Kier alpha value is -2.38. The van der Waals surface area contributed by atoms with Crippen molar-refractivity contribution in [1.82, 2.24) is 9.55 Å². The number of aryl methyl sites for hydroxylation is 2. The summed E-state index contributed by atoms with van der Waals surface area (Å²) >= 11 is 7.14. The van der Waals surface area contributed by atoms with E-state index in [1.54, 1.807) is 11.5 Å². The number of carbonyl (C=O) groups excluding carboxylic acids is 1. The summed E-state index contributed by atoms with van der Waals surface area (Å²) < 4.78 is 1.75. The third-order valence-electron chi connectivity index (χ3n) is 4.82. The normalized spacial score (nSPS) is 14.0. The van der Waals surface area contributed by atoms with Gasteiger partial charge in [0, 0.05) is 18.0 Å². The molecule has 0 saturated carbocycles. The van der Waals surface area contributed by atoms with Gasteiger partial charge in [-0.05, 0) is 43.5 Å². The number of anilines is 1. The minimum Gasteiger partial charge on any atom is -0.506 e. The molecule has 0 spiro atoms. The summed E-state index contributed by atoms with van der Waals surface area (Å²) in [5.41, 5.74) is 0.770. The number of fused-ring (bicyclic) bond motifs is 2. The molecule has 0 radical (unpaired) electrons. The van der Waals surface area contributed by atoms with Gasteiger partial charge < -0.3 is 10.4 Å². The van der Waals surface area contributed by atoms with E-state index in [0.717, 1.165) is 31.5 Å². The van der Waals surface area contributed by atoms with Gasteiger partial charge in [0.15, 0.2) is 0 Å². The molecule has 1 aliphatic heterocycles. The highest BCUT2D eigenvalue weighted by molar-refractivity contribution is 7.20. The van der Waals surface area contributed by atoms with Crippen LogP contribution in [0.1, 0.15) is 40.3 Å². The molecule has 8 heteroatoms. The molecular formula is C19H18ClN3O3S. The Balaban J connectivity index is 1.77. The van der Waals surface area contributed by atoms with Gasteiger partial charge in [0.2, 0.25) is 0 Å². The van der Waals surface area contributed by atoms with Crippen LogP contribution in [0.25, 0.3) is 10.2 Å². The number of halogens is 1. The van der Waals surface area contributed by atoms with Crippen molar-refractivity contribution in [1.29, 1.82) is 0 Å². The summed E-state index contributed by atoms with van der Waals surface area (Å²) in [5.74, 6) is 0.328. The lowest BCUT2D eigenvalue weighted by atomic mass is 10.2. The topological polar surface area (TPSA) is 84.2 Å². The maximum absolute atomic E-state index is 13.0. The number of hydrogen-bond donors (Lipinski definition) is 2. The average Bonchev–Trinajstić information content (AvgIpc) is 2.80. The molecule has 0 fully saturated rings. The first-order chi connectivity index (χ1) is 13.0. The van der Waals surface area contributed by atoms with E-state index in [0.29, 0.717) is 32.2 Å². The highest BCUT2D eigenvalue weighted by Crippen LogP contribution is 2.31. The van der Waals surface area contributed by atoms with Gasteiger partial charge in [0.05, 0.1) is 16.0 Å². The van der Waals surface area contributed by atoms with Crippen LogP contribution >= 0.6 is 22.9 Å². The number of phenolic OH excluding ortho intramolecular Hbond substituents is 1. The molecule has 0 bridgehead atoms. The zero-order valence-corrected chi connectivity index (χ0v) is 16.3. The molecule has 3 aromatic rings. The molecule has 0 aliphatic carbocycles. The molecule has 2 aromatic heterocycles. The van der Waals surface area contributed by atoms with E-state index >= 15 is 0 Å². The van der Waals surface area contributed by atoms with Gasteiger partial charge in [-0.15, -0.1) is 11.3 Å². The summed E-state index contributed by atoms with van der Waals surface area (Å²) in [6.07, 6.45) is 3.85. The number of aromatic hydroxyl groups is 1. The summed E-state index contributed by atoms with van der Waals surface area (Å²) in [6.45, 7) is 2.43. The standard InChI is InChI=1S/C19H18ClN3O3S/c1-10-15-18(22-14-5-3-2-4-8-23(14)19(15)26)27-16(10)17(25)21-12-9-11(20)6-7-13(12)24/h6-7,9,24H,2-5,8H2,1H3,(H,21,25). The Morgan fingerprint density at radius 3 is 2.96 bits per heavy atom. The van der Waals surface area contributed by atoms with E-state index in [1.807, 2.05) is 0 Å². The second-order valence-corrected chi connectivity index (χ2v) is 8.08. The van der Waals surface area contributed by atoms with E-state index in [9.17, 15) is 14.7 Å². The zero-order valence-electron chi connectivity index (χ0n) is 14.7. The van der Waals surface area contributed by atoms with Gasteiger partial charge in [-0.25, -0.2) is 4.98 Å². The molecule has 3 heterocycles. The van der Waals surface area contributed by atoms with Crippen LogP contribution in [-0.2, 0) is 13.0 Å². The van der Waals surface area contributed by atoms with Gasteiger partial charge in [0.25, 0.3) is 11.5 Å². The van der Waals surface area contributed by atoms with Crippen molar-refractivity contribution < 1.29 is 9.90 Å². The number of thiophene rings is 1. The fourth-order valence-corrected chi connectivity index (χ4v) is 4.67. The first kappa shape index (κ1) is 18.0. The van der Waals surface area contributed by atoms with E-state index in [4.69, 9.17) is 11.6 Å². The lowest BCUT2D eigenvalue weighted by molar-refractivity contribution is 0.102. The maximum Gasteiger partial charge on any atom is 0.266 e. The van der Waals surface area contributed by atoms with Crippen LogP contribution in [-0.4, -0.2) is 20.6 Å². The number of benzene rings is 1. The highest BCUT2D eigenvalue weighted by Gasteiger charge is 2.22. The number of nitrogens with one attached hydrogen (secondary N) is 1. The fraction of sp³-hybridized carbons (Fsp3) is 0.316. The lowest BCUT2D eigenvalue weighted by Gasteiger charge is -2.08. The molecule has 4 rings (SSSR count). The first-order valence-corrected chi connectivity index (χ1v) is 9.98. The van der Waals surface area contributed by atoms with Crippen molar-refractivity contribution in [2.75, 3.05) is 5.32 Å². The summed E-state index contributed by atoms with van der Waals surface area (Å²) in [6, 6.07) is 4.43.